The summed E-state index contributed by atoms with van der Waals surface area (Å²) < 4.78 is 0. The number of aliphatic carboxylic acids is 1. The van der Waals surface area contributed by atoms with Crippen molar-refractivity contribution in [2.24, 2.45) is 50.5 Å². The molecule has 23 heteroatoms. The van der Waals surface area contributed by atoms with Crippen molar-refractivity contribution in [2.45, 2.75) is 109 Å². The Morgan fingerprint density at radius 1 is 0.714 bits per heavy atom. The van der Waals surface area contributed by atoms with Crippen LogP contribution in [0.1, 0.15) is 71.8 Å². The fourth-order valence-corrected chi connectivity index (χ4v) is 6.39. The molecule has 0 saturated carbocycles. The summed E-state index contributed by atoms with van der Waals surface area (Å²) in [5.41, 5.74) is 29.0. The highest BCUT2D eigenvalue weighted by Gasteiger charge is 2.35. The highest BCUT2D eigenvalue weighted by Crippen LogP contribution is 2.20. The van der Waals surface area contributed by atoms with Crippen LogP contribution in [0.5, 0.6) is 0 Å². The summed E-state index contributed by atoms with van der Waals surface area (Å²) in [5.74, 6) is -6.83. The minimum atomic E-state index is -1.36. The molecule has 0 spiro atoms. The largest absolute Gasteiger partial charge is 0.480 e. The first kappa shape index (κ1) is 52.6. The molecule has 6 amide bonds. The summed E-state index contributed by atoms with van der Waals surface area (Å²) in [6.45, 7) is 5.96. The number of aliphatic hydroxyl groups excluding tert-OH is 1. The number of amides is 6. The number of nitrogens with one attached hydrogen (secondary N) is 7. The predicted molar refractivity (Wildman–Crippen MR) is 236 cm³/mol. The molecule has 1 heterocycles. The van der Waals surface area contributed by atoms with Crippen LogP contribution in [0.2, 0.25) is 0 Å². The average Bonchev–Trinajstić information content (AvgIpc) is 3.64. The topological polar surface area (TPSA) is 403 Å². The normalized spacial score (nSPS) is 14.4. The molecule has 0 unspecified atom stereocenters. The highest BCUT2D eigenvalue weighted by molar-refractivity contribution is 5.97. The molecule has 0 aliphatic heterocycles. The summed E-state index contributed by atoms with van der Waals surface area (Å²) in [4.78, 5) is 104. The third-order valence-electron chi connectivity index (χ3n) is 9.97. The van der Waals surface area contributed by atoms with Gasteiger partial charge in [-0.05, 0) is 55.6 Å². The van der Waals surface area contributed by atoms with E-state index in [-0.39, 0.29) is 69.5 Å². The van der Waals surface area contributed by atoms with E-state index in [1.807, 2.05) is 32.0 Å². The molecular formula is C40H66N14O9. The SMILES string of the molecule is CC[C@H](C)[C@H](NC(=O)[C@H](CCCN=C(N)N)NC(=O)[C@H](Cc1c[nH]c2ccccc12)NC(=O)[C@H](CCCN=C(N)N)NC(=O)[C@@H](N)CO)C(=O)N[C@@H](CC(C)C)C(=O)NCC(=O)O. The summed E-state index contributed by atoms with van der Waals surface area (Å²) in [5, 5.41) is 34.9. The van der Waals surface area contributed by atoms with E-state index in [2.05, 4.69) is 46.9 Å². The number of carboxylic acids is 1. The molecular weight excluding hydrogens is 821 g/mol. The second-order valence-electron chi connectivity index (χ2n) is 15.6. The number of aliphatic hydroxyl groups is 1. The molecule has 2 aromatic rings. The van der Waals surface area contributed by atoms with E-state index in [4.69, 9.17) is 33.8 Å². The van der Waals surface area contributed by atoms with E-state index in [9.17, 15) is 38.7 Å². The first-order valence-corrected chi connectivity index (χ1v) is 20.8. The maximum atomic E-state index is 14.4. The van der Waals surface area contributed by atoms with Crippen LogP contribution in [0.25, 0.3) is 10.9 Å². The van der Waals surface area contributed by atoms with E-state index in [0.717, 1.165) is 10.9 Å². The monoisotopic (exact) mass is 887 g/mol. The number of hydrogen-bond donors (Lipinski definition) is 14. The van der Waals surface area contributed by atoms with Crippen molar-refractivity contribution >= 4 is 64.2 Å². The zero-order valence-electron chi connectivity index (χ0n) is 36.3. The standard InChI is InChI=1S/C40H66N14O9/c1-5-22(4)32(38(63)53-29(16-21(2)3)34(59)49-19-31(56)57)54-36(61)28(13-9-15-47-40(44)45)51-37(62)30(17-23-18-48-26-11-7-6-10-24(23)26)52-35(60)27(12-8-14-46-39(42)43)50-33(58)25(41)20-55/h6-7,10-11,18,21-22,25,27-30,32,48,55H,5,8-9,12-17,19-20,41H2,1-4H3,(H,49,59)(H,50,58)(H,51,62)(H,52,60)(H,53,63)(H,54,61)(H,56,57)(H4,42,43,46)(H4,44,45,47)/t22-,25-,27-,28-,29-,30-,32-/m0/s1. The lowest BCUT2D eigenvalue weighted by molar-refractivity contribution is -0.139. The van der Waals surface area contributed by atoms with Gasteiger partial charge < -0.3 is 75.8 Å². The van der Waals surface area contributed by atoms with Crippen LogP contribution in [0.15, 0.2) is 40.4 Å². The van der Waals surface area contributed by atoms with Crippen LogP contribution < -0.4 is 60.6 Å². The first-order valence-electron chi connectivity index (χ1n) is 20.8. The Morgan fingerprint density at radius 3 is 1.78 bits per heavy atom. The molecule has 2 rings (SSSR count). The maximum Gasteiger partial charge on any atom is 0.322 e. The Hall–Kier alpha value is -6.49. The van der Waals surface area contributed by atoms with Crippen molar-refractivity contribution in [3.63, 3.8) is 0 Å². The number of aromatic amines is 1. The average molecular weight is 887 g/mol. The van der Waals surface area contributed by atoms with Gasteiger partial charge in [0.25, 0.3) is 0 Å². The van der Waals surface area contributed by atoms with Crippen molar-refractivity contribution in [1.82, 2.24) is 36.9 Å². The number of carbonyl (C=O) groups excluding carboxylic acids is 6. The number of fused-ring (bicyclic) bond motifs is 1. The predicted octanol–water partition coefficient (Wildman–Crippen LogP) is -3.15. The molecule has 350 valence electrons. The van der Waals surface area contributed by atoms with Gasteiger partial charge in [-0.2, -0.15) is 0 Å². The van der Waals surface area contributed by atoms with Gasteiger partial charge in [-0.25, -0.2) is 0 Å². The van der Waals surface area contributed by atoms with Gasteiger partial charge in [-0.1, -0.05) is 52.3 Å². The van der Waals surface area contributed by atoms with Gasteiger partial charge in [0.2, 0.25) is 35.4 Å². The molecule has 0 fully saturated rings. The van der Waals surface area contributed by atoms with Crippen molar-refractivity contribution < 1.29 is 43.8 Å². The van der Waals surface area contributed by atoms with Gasteiger partial charge in [-0.3, -0.25) is 43.5 Å². The van der Waals surface area contributed by atoms with Gasteiger partial charge >= 0.3 is 5.97 Å². The van der Waals surface area contributed by atoms with Crippen molar-refractivity contribution in [2.75, 3.05) is 26.2 Å². The number of carbonyl (C=O) groups is 7. The number of hydrogen-bond acceptors (Lipinski definition) is 11. The van der Waals surface area contributed by atoms with Crippen LogP contribution in [-0.2, 0) is 40.0 Å². The number of guanidine groups is 2. The fraction of sp³-hybridized carbons (Fsp3) is 0.575. The van der Waals surface area contributed by atoms with Gasteiger partial charge in [0, 0.05) is 36.6 Å². The Bertz CT molecular complexity index is 1910. The Morgan fingerprint density at radius 2 is 1.24 bits per heavy atom. The second-order valence-corrected chi connectivity index (χ2v) is 15.6. The number of nitrogens with zero attached hydrogens (tertiary/aromatic N) is 2. The third-order valence-corrected chi connectivity index (χ3v) is 9.97. The van der Waals surface area contributed by atoms with Crippen LogP contribution in [0.4, 0.5) is 0 Å². The van der Waals surface area contributed by atoms with Crippen LogP contribution >= 0.6 is 0 Å². The molecule has 1 aromatic heterocycles. The van der Waals surface area contributed by atoms with Gasteiger partial charge in [0.1, 0.15) is 42.8 Å². The number of aromatic nitrogens is 1. The molecule has 63 heavy (non-hydrogen) atoms. The smallest absolute Gasteiger partial charge is 0.322 e. The number of para-hydroxylation sites is 1. The van der Waals surface area contributed by atoms with E-state index in [0.29, 0.717) is 12.0 Å². The summed E-state index contributed by atoms with van der Waals surface area (Å²) in [6, 6.07) is -0.359. The summed E-state index contributed by atoms with van der Waals surface area (Å²) >= 11 is 0. The molecule has 7 atom stereocenters. The molecule has 0 saturated heterocycles. The number of carboxylic acid groups (broad SMARTS) is 1. The second kappa shape index (κ2) is 26.8. The fourth-order valence-electron chi connectivity index (χ4n) is 6.39. The highest BCUT2D eigenvalue weighted by atomic mass is 16.4. The molecule has 23 nitrogen and oxygen atoms in total. The molecule has 19 N–H and O–H groups in total. The third kappa shape index (κ3) is 18.6. The molecule has 1 aromatic carbocycles. The van der Waals surface area contributed by atoms with Crippen molar-refractivity contribution in [3.05, 3.63) is 36.0 Å². The number of H-pyrrole nitrogens is 1. The van der Waals surface area contributed by atoms with E-state index in [1.165, 1.54) is 0 Å². The first-order chi connectivity index (χ1) is 29.8. The van der Waals surface area contributed by atoms with Gasteiger partial charge in [0.05, 0.1) is 6.61 Å². The maximum absolute atomic E-state index is 14.4. The Balaban J connectivity index is 2.53. The van der Waals surface area contributed by atoms with Crippen molar-refractivity contribution in [3.8, 4) is 0 Å². The van der Waals surface area contributed by atoms with Crippen LogP contribution in [0, 0.1) is 11.8 Å². The molecule has 0 radical (unpaired) electrons. The van der Waals surface area contributed by atoms with Crippen LogP contribution in [-0.4, -0.2) is 131 Å². The Labute approximate surface area is 366 Å². The Kier molecular flexibility index (Phi) is 22.4. The summed E-state index contributed by atoms with van der Waals surface area (Å²) in [6.07, 6.45) is 2.54. The lowest BCUT2D eigenvalue weighted by Crippen LogP contribution is -2.61. The minimum Gasteiger partial charge on any atom is -0.480 e. The van der Waals surface area contributed by atoms with Crippen LogP contribution in [0.3, 0.4) is 0 Å². The number of benzene rings is 1. The quantitative estimate of drug-likeness (QED) is 0.0228. The summed E-state index contributed by atoms with van der Waals surface area (Å²) in [7, 11) is 0. The zero-order chi connectivity index (χ0) is 47.2. The van der Waals surface area contributed by atoms with Crippen molar-refractivity contribution in [1.29, 1.82) is 0 Å². The lowest BCUT2D eigenvalue weighted by Gasteiger charge is -2.29. The molecule has 0 aliphatic carbocycles. The number of aliphatic imine (C=N–C) groups is 2. The lowest BCUT2D eigenvalue weighted by atomic mass is 9.96. The van der Waals surface area contributed by atoms with Gasteiger partial charge in [-0.15, -0.1) is 0 Å². The number of rotatable bonds is 28. The van der Waals surface area contributed by atoms with E-state index < -0.39 is 96.7 Å². The molecule has 0 bridgehead atoms. The molecule has 0 aliphatic rings. The van der Waals surface area contributed by atoms with Gasteiger partial charge in [0.15, 0.2) is 11.9 Å². The van der Waals surface area contributed by atoms with E-state index in [1.54, 1.807) is 26.1 Å². The number of nitrogens with two attached hydrogens (primary N) is 5. The minimum absolute atomic E-state index is 0.00204. The van der Waals surface area contributed by atoms with E-state index >= 15 is 0 Å². The zero-order valence-corrected chi connectivity index (χ0v) is 36.3.